The van der Waals surface area contributed by atoms with E-state index in [1.165, 1.54) is 64.5 Å². The van der Waals surface area contributed by atoms with Gasteiger partial charge in [0.2, 0.25) is 0 Å². The number of aliphatic imine (C=N–C) groups is 1. The van der Waals surface area contributed by atoms with Crippen LogP contribution >= 0.6 is 0 Å². The van der Waals surface area contributed by atoms with Crippen molar-refractivity contribution in [1.82, 2.24) is 10.2 Å². The van der Waals surface area contributed by atoms with Gasteiger partial charge in [-0.15, -0.1) is 0 Å². The molecule has 2 fully saturated rings. The highest BCUT2D eigenvalue weighted by Gasteiger charge is 2.15. The van der Waals surface area contributed by atoms with E-state index in [1.807, 2.05) is 0 Å². The molecule has 1 atom stereocenters. The van der Waals surface area contributed by atoms with Crippen LogP contribution in [0.4, 0.5) is 0 Å². The average molecular weight is 280 g/mol. The summed E-state index contributed by atoms with van der Waals surface area (Å²) in [5.74, 6) is 1.50. The van der Waals surface area contributed by atoms with Crippen molar-refractivity contribution in [2.24, 2.45) is 16.6 Å². The number of nitrogens with zero attached hydrogens (tertiary/aromatic N) is 2. The molecule has 2 rings (SSSR count). The minimum atomic E-state index is 0.552. The maximum absolute atomic E-state index is 6.02. The summed E-state index contributed by atoms with van der Waals surface area (Å²) < 4.78 is 0. The van der Waals surface area contributed by atoms with Crippen LogP contribution in [0, 0.1) is 5.92 Å². The molecule has 1 aliphatic heterocycles. The molecule has 3 N–H and O–H groups in total. The molecule has 116 valence electrons. The zero-order chi connectivity index (χ0) is 14.2. The van der Waals surface area contributed by atoms with E-state index in [-0.39, 0.29) is 0 Å². The van der Waals surface area contributed by atoms with Gasteiger partial charge in [0.25, 0.3) is 0 Å². The standard InChI is InChI=1S/C16H32N4/c1-14-7-6-11-20(13-14)12-10-18-16(17)19-15-8-4-2-3-5-9-15/h14-15H,2-13H2,1H3,(H3,17,18,19). The molecular weight excluding hydrogens is 248 g/mol. The first-order valence-electron chi connectivity index (χ1n) is 8.53. The Balaban J connectivity index is 1.65. The van der Waals surface area contributed by atoms with Gasteiger partial charge in [-0.2, -0.15) is 0 Å². The van der Waals surface area contributed by atoms with Crippen LogP contribution in [0.1, 0.15) is 58.3 Å². The Kier molecular flexibility index (Phi) is 6.64. The Hall–Kier alpha value is -0.770. The molecule has 1 aliphatic carbocycles. The summed E-state index contributed by atoms with van der Waals surface area (Å²) in [6.45, 7) is 6.69. The molecule has 4 heteroatoms. The second kappa shape index (κ2) is 8.50. The predicted octanol–water partition coefficient (Wildman–Crippen LogP) is 2.35. The summed E-state index contributed by atoms with van der Waals surface area (Å²) in [7, 11) is 0. The van der Waals surface area contributed by atoms with Gasteiger partial charge in [-0.25, -0.2) is 0 Å². The fourth-order valence-electron chi connectivity index (χ4n) is 3.48. The number of guanidine groups is 1. The number of piperidine rings is 1. The van der Waals surface area contributed by atoms with Gasteiger partial charge in [-0.1, -0.05) is 32.6 Å². The third-order valence-electron chi connectivity index (χ3n) is 4.65. The molecule has 0 aromatic rings. The van der Waals surface area contributed by atoms with Gasteiger partial charge >= 0.3 is 0 Å². The first-order chi connectivity index (χ1) is 9.74. The van der Waals surface area contributed by atoms with Crippen LogP contribution in [0.5, 0.6) is 0 Å². The Bertz CT molecular complexity index is 295. The number of likely N-dealkylation sites (tertiary alicyclic amines) is 1. The van der Waals surface area contributed by atoms with E-state index in [0.717, 1.165) is 19.0 Å². The van der Waals surface area contributed by atoms with Crippen molar-refractivity contribution in [3.63, 3.8) is 0 Å². The fraction of sp³-hybridized carbons (Fsp3) is 0.938. The highest BCUT2D eigenvalue weighted by atomic mass is 15.2. The minimum absolute atomic E-state index is 0.552. The highest BCUT2D eigenvalue weighted by molar-refractivity contribution is 5.78. The monoisotopic (exact) mass is 280 g/mol. The van der Waals surface area contributed by atoms with Gasteiger partial charge < -0.3 is 16.0 Å². The van der Waals surface area contributed by atoms with Gasteiger partial charge in [-0.3, -0.25) is 4.99 Å². The molecule has 0 aromatic carbocycles. The van der Waals surface area contributed by atoms with E-state index in [2.05, 4.69) is 22.1 Å². The number of hydrogen-bond donors (Lipinski definition) is 2. The zero-order valence-electron chi connectivity index (χ0n) is 13.1. The van der Waals surface area contributed by atoms with Gasteiger partial charge in [0.05, 0.1) is 6.54 Å². The summed E-state index contributed by atoms with van der Waals surface area (Å²) in [5, 5.41) is 3.41. The van der Waals surface area contributed by atoms with Crippen LogP contribution in [-0.2, 0) is 0 Å². The number of nitrogens with one attached hydrogen (secondary N) is 1. The number of nitrogens with two attached hydrogens (primary N) is 1. The summed E-state index contributed by atoms with van der Waals surface area (Å²) in [6, 6.07) is 0.552. The lowest BCUT2D eigenvalue weighted by atomic mass is 10.0. The van der Waals surface area contributed by atoms with E-state index in [4.69, 9.17) is 5.73 Å². The van der Waals surface area contributed by atoms with E-state index in [9.17, 15) is 0 Å². The van der Waals surface area contributed by atoms with Gasteiger partial charge in [0, 0.05) is 19.1 Å². The molecule has 0 amide bonds. The van der Waals surface area contributed by atoms with Crippen molar-refractivity contribution < 1.29 is 0 Å². The third-order valence-corrected chi connectivity index (χ3v) is 4.65. The summed E-state index contributed by atoms with van der Waals surface area (Å²) in [6.07, 6.45) is 10.6. The molecule has 20 heavy (non-hydrogen) atoms. The Morgan fingerprint density at radius 3 is 2.60 bits per heavy atom. The maximum Gasteiger partial charge on any atom is 0.188 e. The van der Waals surface area contributed by atoms with Crippen LogP contribution in [-0.4, -0.2) is 43.1 Å². The van der Waals surface area contributed by atoms with Crippen molar-refractivity contribution in [1.29, 1.82) is 0 Å². The van der Waals surface area contributed by atoms with Crippen LogP contribution in [0.3, 0.4) is 0 Å². The van der Waals surface area contributed by atoms with Crippen molar-refractivity contribution in [3.05, 3.63) is 0 Å². The topological polar surface area (TPSA) is 53.6 Å². The lowest BCUT2D eigenvalue weighted by Gasteiger charge is -2.30. The Labute approximate surface area is 124 Å². The summed E-state index contributed by atoms with van der Waals surface area (Å²) in [4.78, 5) is 7.03. The molecule has 0 bridgehead atoms. The molecule has 0 spiro atoms. The lowest BCUT2D eigenvalue weighted by Crippen LogP contribution is -2.41. The molecule has 4 nitrogen and oxygen atoms in total. The SMILES string of the molecule is CC1CCCN(CCN=C(N)NC2CCCCCC2)C1. The van der Waals surface area contributed by atoms with Crippen molar-refractivity contribution in [2.45, 2.75) is 64.3 Å². The van der Waals surface area contributed by atoms with Gasteiger partial charge in [-0.05, 0) is 38.1 Å². The first kappa shape index (κ1) is 15.6. The Morgan fingerprint density at radius 2 is 1.90 bits per heavy atom. The third kappa shape index (κ3) is 5.70. The van der Waals surface area contributed by atoms with Crippen LogP contribution in [0.2, 0.25) is 0 Å². The molecule has 1 unspecified atom stereocenters. The first-order valence-corrected chi connectivity index (χ1v) is 8.53. The quantitative estimate of drug-likeness (QED) is 0.472. The van der Waals surface area contributed by atoms with Crippen LogP contribution in [0.15, 0.2) is 4.99 Å². The maximum atomic E-state index is 6.02. The van der Waals surface area contributed by atoms with Crippen molar-refractivity contribution >= 4 is 5.96 Å². The normalized spacial score (nSPS) is 27.2. The van der Waals surface area contributed by atoms with Gasteiger partial charge in [0.15, 0.2) is 5.96 Å². The van der Waals surface area contributed by atoms with Crippen molar-refractivity contribution in [3.8, 4) is 0 Å². The highest BCUT2D eigenvalue weighted by Crippen LogP contribution is 2.17. The summed E-state index contributed by atoms with van der Waals surface area (Å²) in [5.41, 5.74) is 6.02. The number of rotatable bonds is 4. The molecule has 1 saturated carbocycles. The average Bonchev–Trinajstić information content (AvgIpc) is 2.67. The fourth-order valence-corrected chi connectivity index (χ4v) is 3.48. The van der Waals surface area contributed by atoms with E-state index in [1.54, 1.807) is 0 Å². The minimum Gasteiger partial charge on any atom is -0.370 e. The van der Waals surface area contributed by atoms with E-state index >= 15 is 0 Å². The number of hydrogen-bond acceptors (Lipinski definition) is 2. The van der Waals surface area contributed by atoms with E-state index < -0.39 is 0 Å². The summed E-state index contributed by atoms with van der Waals surface area (Å²) >= 11 is 0. The second-order valence-electron chi connectivity index (χ2n) is 6.65. The largest absolute Gasteiger partial charge is 0.370 e. The molecular formula is C16H32N4. The molecule has 1 heterocycles. The van der Waals surface area contributed by atoms with Gasteiger partial charge in [0.1, 0.15) is 0 Å². The smallest absolute Gasteiger partial charge is 0.188 e. The molecule has 1 saturated heterocycles. The lowest BCUT2D eigenvalue weighted by molar-refractivity contribution is 0.189. The Morgan fingerprint density at radius 1 is 1.15 bits per heavy atom. The van der Waals surface area contributed by atoms with Crippen LogP contribution in [0.25, 0.3) is 0 Å². The van der Waals surface area contributed by atoms with E-state index in [0.29, 0.717) is 12.0 Å². The predicted molar refractivity (Wildman–Crippen MR) is 86.0 cm³/mol. The van der Waals surface area contributed by atoms with Crippen LogP contribution < -0.4 is 11.1 Å². The van der Waals surface area contributed by atoms with Crippen molar-refractivity contribution in [2.75, 3.05) is 26.2 Å². The molecule has 0 aromatic heterocycles. The molecule has 0 radical (unpaired) electrons. The zero-order valence-corrected chi connectivity index (χ0v) is 13.1. The molecule has 2 aliphatic rings. The second-order valence-corrected chi connectivity index (χ2v) is 6.65.